The Morgan fingerprint density at radius 1 is 0.534 bits per heavy atom. The van der Waals surface area contributed by atoms with Crippen LogP contribution >= 0.6 is 7.82 Å². The van der Waals surface area contributed by atoms with Crippen LogP contribution in [0.3, 0.4) is 0 Å². The zero-order valence-electron chi connectivity index (χ0n) is 39.5. The lowest BCUT2D eigenvalue weighted by molar-refractivity contribution is -0.870. The van der Waals surface area contributed by atoms with Gasteiger partial charge in [0.05, 0.1) is 39.9 Å². The van der Waals surface area contributed by atoms with Crippen molar-refractivity contribution in [3.63, 3.8) is 0 Å². The maximum Gasteiger partial charge on any atom is 0.268 e. The maximum atomic E-state index is 12.9. The van der Waals surface area contributed by atoms with Gasteiger partial charge in [-0.3, -0.25) is 9.36 Å². The van der Waals surface area contributed by atoms with E-state index >= 15 is 0 Å². The van der Waals surface area contributed by atoms with Gasteiger partial charge in [-0.2, -0.15) is 0 Å². The first kappa shape index (κ1) is 57.5. The summed E-state index contributed by atoms with van der Waals surface area (Å²) in [5, 5.41) is 13.9. The molecule has 0 radical (unpaired) electrons. The summed E-state index contributed by atoms with van der Waals surface area (Å²) in [6.45, 7) is 4.75. The lowest BCUT2D eigenvalue weighted by atomic mass is 10.0. The Bertz CT molecular complexity index is 916. The maximum absolute atomic E-state index is 12.9. The third-order valence-corrected chi connectivity index (χ3v) is 12.8. The summed E-state index contributed by atoms with van der Waals surface area (Å²) in [6.07, 6.45) is 46.9. The molecule has 0 bridgehead atoms. The molecule has 0 aromatic carbocycles. The van der Waals surface area contributed by atoms with Crippen LogP contribution < -0.4 is 10.2 Å². The number of unbranched alkanes of at least 4 members (excludes halogenated alkanes) is 34. The molecule has 0 fully saturated rings. The van der Waals surface area contributed by atoms with Crippen molar-refractivity contribution in [1.29, 1.82) is 0 Å². The number of aliphatic hydroxyl groups is 1. The second kappa shape index (κ2) is 41.8. The SMILES string of the molecule is CCCCCCCCCCCCCCCCCCCCCCCCCCC(=O)NC(COP(=O)([O-])OCC[N+](C)(C)C)C(O)CCCCCCCCCCCCCC. The molecule has 0 aliphatic carbocycles. The molecule has 0 saturated carbocycles. The highest BCUT2D eigenvalue weighted by Crippen LogP contribution is 2.38. The van der Waals surface area contributed by atoms with Crippen LogP contribution in [-0.2, 0) is 18.4 Å². The van der Waals surface area contributed by atoms with Crippen molar-refractivity contribution in [3.05, 3.63) is 0 Å². The van der Waals surface area contributed by atoms with Gasteiger partial charge in [-0.05, 0) is 12.8 Å². The first-order valence-electron chi connectivity index (χ1n) is 25.4. The molecule has 58 heavy (non-hydrogen) atoms. The second-order valence-electron chi connectivity index (χ2n) is 18.9. The Hall–Kier alpha value is -0.500. The second-order valence-corrected chi connectivity index (χ2v) is 20.3. The van der Waals surface area contributed by atoms with E-state index in [4.69, 9.17) is 9.05 Å². The molecule has 8 nitrogen and oxygen atoms in total. The number of carbonyl (C=O) groups is 1. The Balaban J connectivity index is 4.11. The first-order chi connectivity index (χ1) is 28.0. The highest BCUT2D eigenvalue weighted by Gasteiger charge is 2.24. The van der Waals surface area contributed by atoms with E-state index in [9.17, 15) is 19.4 Å². The van der Waals surface area contributed by atoms with E-state index in [0.29, 0.717) is 23.9 Å². The van der Waals surface area contributed by atoms with Crippen LogP contribution in [0, 0.1) is 0 Å². The van der Waals surface area contributed by atoms with Crippen LogP contribution in [0.1, 0.15) is 258 Å². The molecule has 0 heterocycles. The fourth-order valence-corrected chi connectivity index (χ4v) is 8.53. The summed E-state index contributed by atoms with van der Waals surface area (Å²) in [5.74, 6) is -0.159. The Morgan fingerprint density at radius 3 is 1.17 bits per heavy atom. The fourth-order valence-electron chi connectivity index (χ4n) is 7.81. The minimum atomic E-state index is -4.56. The Labute approximate surface area is 361 Å². The van der Waals surface area contributed by atoms with Crippen molar-refractivity contribution >= 4 is 13.7 Å². The normalized spacial score (nSPS) is 14.1. The number of amides is 1. The van der Waals surface area contributed by atoms with Crippen LogP contribution in [0.25, 0.3) is 0 Å². The van der Waals surface area contributed by atoms with Gasteiger partial charge in [0.25, 0.3) is 7.82 Å². The van der Waals surface area contributed by atoms with Gasteiger partial charge in [0.2, 0.25) is 5.91 Å². The molecule has 0 spiro atoms. The third kappa shape index (κ3) is 43.6. The molecule has 2 N–H and O–H groups in total. The van der Waals surface area contributed by atoms with Crippen LogP contribution in [0.4, 0.5) is 0 Å². The van der Waals surface area contributed by atoms with Crippen molar-refractivity contribution in [1.82, 2.24) is 5.32 Å². The van der Waals surface area contributed by atoms with Gasteiger partial charge in [-0.15, -0.1) is 0 Å². The standard InChI is InChI=1S/C49H101N2O6P/c1-6-8-10-12-14-16-18-20-21-22-23-24-25-26-27-28-29-30-31-33-35-37-39-41-43-49(53)50-47(46-57-58(54,55)56-45-44-51(3,4)5)48(52)42-40-38-36-34-32-19-17-15-13-11-9-7-2/h47-48,52H,6-46H2,1-5H3,(H-,50,53,54,55). The largest absolute Gasteiger partial charge is 0.756 e. The van der Waals surface area contributed by atoms with E-state index in [-0.39, 0.29) is 19.1 Å². The molecule has 0 aliphatic rings. The van der Waals surface area contributed by atoms with Gasteiger partial charge in [-0.1, -0.05) is 239 Å². The molecular weight excluding hydrogens is 744 g/mol. The summed E-state index contributed by atoms with van der Waals surface area (Å²) in [5.41, 5.74) is 0. The quantitative estimate of drug-likeness (QED) is 0.0359. The highest BCUT2D eigenvalue weighted by atomic mass is 31.2. The number of hydrogen-bond acceptors (Lipinski definition) is 6. The summed E-state index contributed by atoms with van der Waals surface area (Å²) in [6, 6.07) is -0.793. The van der Waals surface area contributed by atoms with E-state index in [1.807, 2.05) is 21.1 Å². The topological polar surface area (TPSA) is 108 Å². The predicted octanol–water partition coefficient (Wildman–Crippen LogP) is 13.9. The van der Waals surface area contributed by atoms with Gasteiger partial charge in [0, 0.05) is 6.42 Å². The number of phosphoric acid groups is 1. The molecule has 1 amide bonds. The van der Waals surface area contributed by atoms with E-state index in [0.717, 1.165) is 38.5 Å². The zero-order chi connectivity index (χ0) is 42.8. The first-order valence-corrected chi connectivity index (χ1v) is 26.8. The van der Waals surface area contributed by atoms with E-state index < -0.39 is 20.0 Å². The number of hydrogen-bond donors (Lipinski definition) is 2. The van der Waals surface area contributed by atoms with Crippen molar-refractivity contribution < 1.29 is 32.9 Å². The summed E-state index contributed by atoms with van der Waals surface area (Å²) < 4.78 is 23.3. The van der Waals surface area contributed by atoms with Gasteiger partial charge < -0.3 is 28.8 Å². The molecule has 348 valence electrons. The van der Waals surface area contributed by atoms with Crippen molar-refractivity contribution in [3.8, 4) is 0 Å². The smallest absolute Gasteiger partial charge is 0.268 e. The Morgan fingerprint density at radius 2 is 0.845 bits per heavy atom. The van der Waals surface area contributed by atoms with E-state index in [1.54, 1.807) is 0 Å². The molecule has 0 aliphatic heterocycles. The number of carbonyl (C=O) groups excluding carboxylic acids is 1. The minimum Gasteiger partial charge on any atom is -0.756 e. The summed E-state index contributed by atoms with van der Waals surface area (Å²) in [7, 11) is 1.32. The lowest BCUT2D eigenvalue weighted by Crippen LogP contribution is -2.46. The molecule has 3 unspecified atom stereocenters. The number of quaternary nitrogens is 1. The third-order valence-electron chi connectivity index (χ3n) is 11.8. The predicted molar refractivity (Wildman–Crippen MR) is 247 cm³/mol. The summed E-state index contributed by atoms with van der Waals surface area (Å²) >= 11 is 0. The average Bonchev–Trinajstić information content (AvgIpc) is 3.17. The lowest BCUT2D eigenvalue weighted by Gasteiger charge is -2.30. The van der Waals surface area contributed by atoms with Gasteiger partial charge in [0.15, 0.2) is 0 Å². The van der Waals surface area contributed by atoms with Crippen LogP contribution in [0.15, 0.2) is 0 Å². The van der Waals surface area contributed by atoms with Crippen LogP contribution in [0.5, 0.6) is 0 Å². The number of aliphatic hydroxyl groups excluding tert-OH is 1. The molecule has 3 atom stereocenters. The fraction of sp³-hybridized carbons (Fsp3) is 0.980. The summed E-state index contributed by atoms with van der Waals surface area (Å²) in [4.78, 5) is 25.4. The minimum absolute atomic E-state index is 0.0161. The van der Waals surface area contributed by atoms with Gasteiger partial charge >= 0.3 is 0 Å². The van der Waals surface area contributed by atoms with E-state index in [2.05, 4.69) is 19.2 Å². The van der Waals surface area contributed by atoms with Crippen LogP contribution in [0.2, 0.25) is 0 Å². The number of nitrogens with zero attached hydrogens (tertiary/aromatic N) is 1. The molecule has 9 heteroatoms. The van der Waals surface area contributed by atoms with Crippen molar-refractivity contribution in [2.75, 3.05) is 40.9 Å². The van der Waals surface area contributed by atoms with Crippen LogP contribution in [-0.4, -0.2) is 68.5 Å². The average molecular weight is 845 g/mol. The van der Waals surface area contributed by atoms with E-state index in [1.165, 1.54) is 193 Å². The van der Waals surface area contributed by atoms with Gasteiger partial charge in [-0.25, -0.2) is 0 Å². The molecule has 0 rings (SSSR count). The molecular formula is C49H101N2O6P. The monoisotopic (exact) mass is 845 g/mol. The highest BCUT2D eigenvalue weighted by molar-refractivity contribution is 7.45. The van der Waals surface area contributed by atoms with Crippen molar-refractivity contribution in [2.45, 2.75) is 270 Å². The molecule has 0 aromatic rings. The molecule has 0 aromatic heterocycles. The Kier molecular flexibility index (Phi) is 41.5. The number of rotatable bonds is 47. The van der Waals surface area contributed by atoms with Crippen molar-refractivity contribution in [2.24, 2.45) is 0 Å². The zero-order valence-corrected chi connectivity index (χ0v) is 40.4. The molecule has 0 saturated heterocycles. The number of phosphoric ester groups is 1. The number of nitrogens with one attached hydrogen (secondary N) is 1. The van der Waals surface area contributed by atoms with Gasteiger partial charge in [0.1, 0.15) is 13.2 Å². The number of likely N-dealkylation sites (N-methyl/N-ethyl adjacent to an activating group) is 1.